The van der Waals surface area contributed by atoms with E-state index < -0.39 is 48.2 Å². The number of carboxylic acid groups (broad SMARTS) is 1. The van der Waals surface area contributed by atoms with Crippen molar-refractivity contribution in [3.8, 4) is 0 Å². The number of hydrogen-bond acceptors (Lipinski definition) is 8. The van der Waals surface area contributed by atoms with E-state index in [-0.39, 0.29) is 53.0 Å². The van der Waals surface area contributed by atoms with Gasteiger partial charge in [-0.1, -0.05) is 23.7 Å². The van der Waals surface area contributed by atoms with Crippen LogP contribution < -0.4 is 5.32 Å². The number of amidine groups is 1. The van der Waals surface area contributed by atoms with Crippen LogP contribution in [0.1, 0.15) is 42.3 Å². The summed E-state index contributed by atoms with van der Waals surface area (Å²) in [5.74, 6) is -5.58. The molecule has 13 heteroatoms. The molecule has 0 saturated carbocycles. The number of aromatic nitrogens is 1. The zero-order chi connectivity index (χ0) is 27.2. The third-order valence-corrected chi connectivity index (χ3v) is 8.45. The quantitative estimate of drug-likeness (QED) is 0.477. The number of methoxy groups -OCH3 is 1. The van der Waals surface area contributed by atoms with Crippen LogP contribution >= 0.6 is 22.9 Å². The highest BCUT2D eigenvalue weighted by Gasteiger charge is 2.57. The summed E-state index contributed by atoms with van der Waals surface area (Å²) < 4.78 is 49.6. The lowest BCUT2D eigenvalue weighted by Crippen LogP contribution is -2.50. The maximum absolute atomic E-state index is 15.1. The standard InChI is InChI=1S/C25H24ClF3N4O4S/c1-37-24(36)19-16(11-33-13-7-12(9-18(34)35)8-17(33)25(28,29)10-13)31-22(23-30-5-6-38-23)32-21(19)14-3-2-4-15(27)20(14)26/h2-6,12-13,17,21H,7-11H2,1H3,(H,31,32)(H,34,35)/t12-,13+,17-,21+/m1/s1. The molecule has 0 radical (unpaired) electrons. The van der Waals surface area contributed by atoms with Crippen LogP contribution in [0.15, 0.2) is 46.0 Å². The molecule has 0 aliphatic carbocycles. The van der Waals surface area contributed by atoms with Crippen molar-refractivity contribution in [2.45, 2.75) is 49.7 Å². The van der Waals surface area contributed by atoms with Gasteiger partial charge < -0.3 is 15.2 Å². The number of aliphatic carboxylic acids is 1. The number of ether oxygens (including phenoxy) is 1. The second kappa shape index (κ2) is 10.3. The number of nitrogens with zero attached hydrogens (tertiary/aromatic N) is 3. The SMILES string of the molecule is COC(=O)C1=C(CN2[C@H]3C[C@@H](CC(=O)O)C[C@@H]2C(F)(F)C3)NC(c2nccs2)=N[C@H]1c1cccc(F)c1Cl. The number of hydrogen-bond donors (Lipinski definition) is 2. The summed E-state index contributed by atoms with van der Waals surface area (Å²) in [7, 11) is 1.19. The molecule has 1 aromatic carbocycles. The van der Waals surface area contributed by atoms with E-state index >= 15 is 8.78 Å². The van der Waals surface area contributed by atoms with Gasteiger partial charge in [-0.05, 0) is 24.8 Å². The van der Waals surface area contributed by atoms with Crippen LogP contribution in [0.4, 0.5) is 13.2 Å². The van der Waals surface area contributed by atoms with E-state index in [2.05, 4.69) is 15.3 Å². The van der Waals surface area contributed by atoms with Gasteiger partial charge >= 0.3 is 11.9 Å². The average Bonchev–Trinajstić information content (AvgIpc) is 3.44. The highest BCUT2D eigenvalue weighted by molar-refractivity contribution is 7.11. The molecule has 4 heterocycles. The molecule has 3 aliphatic heterocycles. The number of carbonyl (C=O) groups is 2. The fourth-order valence-electron chi connectivity index (χ4n) is 5.70. The van der Waals surface area contributed by atoms with Crippen molar-refractivity contribution >= 4 is 40.7 Å². The molecule has 2 bridgehead atoms. The number of carbonyl (C=O) groups excluding carboxylic acids is 1. The molecule has 0 amide bonds. The van der Waals surface area contributed by atoms with Crippen LogP contribution in [-0.2, 0) is 14.3 Å². The second-order valence-electron chi connectivity index (χ2n) is 9.61. The smallest absolute Gasteiger partial charge is 0.338 e. The van der Waals surface area contributed by atoms with Gasteiger partial charge in [-0.15, -0.1) is 11.3 Å². The zero-order valence-corrected chi connectivity index (χ0v) is 21.7. The van der Waals surface area contributed by atoms with Gasteiger partial charge in [-0.3, -0.25) is 14.7 Å². The minimum absolute atomic E-state index is 0.0171. The highest BCUT2D eigenvalue weighted by atomic mass is 35.5. The van der Waals surface area contributed by atoms with Crippen molar-refractivity contribution < 1.29 is 32.6 Å². The fourth-order valence-corrected chi connectivity index (χ4v) is 6.52. The first-order chi connectivity index (χ1) is 18.1. The van der Waals surface area contributed by atoms with Crippen molar-refractivity contribution in [1.82, 2.24) is 15.2 Å². The third kappa shape index (κ3) is 4.92. The number of fused-ring (bicyclic) bond motifs is 2. The Bertz CT molecular complexity index is 1320. The maximum Gasteiger partial charge on any atom is 0.338 e. The minimum atomic E-state index is -3.02. The molecule has 3 aliphatic rings. The Morgan fingerprint density at radius 3 is 2.79 bits per heavy atom. The molecule has 2 fully saturated rings. The Labute approximate surface area is 225 Å². The predicted octanol–water partition coefficient (Wildman–Crippen LogP) is 4.42. The number of aliphatic imine (C=N–C) groups is 1. The van der Waals surface area contributed by atoms with Crippen LogP contribution in [-0.4, -0.2) is 64.4 Å². The maximum atomic E-state index is 15.1. The summed E-state index contributed by atoms with van der Waals surface area (Å²) in [5.41, 5.74) is 0.510. The van der Waals surface area contributed by atoms with Gasteiger partial charge in [0.25, 0.3) is 5.92 Å². The summed E-state index contributed by atoms with van der Waals surface area (Å²) >= 11 is 7.57. The largest absolute Gasteiger partial charge is 0.481 e. The molecule has 2 saturated heterocycles. The van der Waals surface area contributed by atoms with Gasteiger partial charge in [0, 0.05) is 48.3 Å². The first-order valence-corrected chi connectivity index (χ1v) is 13.2. The molecule has 2 N–H and O–H groups in total. The summed E-state index contributed by atoms with van der Waals surface area (Å²) in [6.07, 6.45) is 1.31. The zero-order valence-electron chi connectivity index (χ0n) is 20.2. The van der Waals surface area contributed by atoms with Crippen LogP contribution in [0.5, 0.6) is 0 Å². The summed E-state index contributed by atoms with van der Waals surface area (Å²) in [4.78, 5) is 34.9. The molecule has 0 spiro atoms. The number of thiazole rings is 1. The number of benzene rings is 1. The van der Waals surface area contributed by atoms with Crippen molar-refractivity contribution in [2.24, 2.45) is 10.9 Å². The van der Waals surface area contributed by atoms with Gasteiger partial charge in [0.1, 0.15) is 11.9 Å². The Balaban J connectivity index is 1.58. The number of alkyl halides is 2. The first kappa shape index (κ1) is 26.6. The Morgan fingerprint density at radius 2 is 2.13 bits per heavy atom. The number of halogens is 4. The third-order valence-electron chi connectivity index (χ3n) is 7.27. The lowest BCUT2D eigenvalue weighted by Gasteiger charge is -2.40. The van der Waals surface area contributed by atoms with Gasteiger partial charge in [-0.25, -0.2) is 22.9 Å². The van der Waals surface area contributed by atoms with Crippen LogP contribution in [0.3, 0.4) is 0 Å². The number of nitrogens with one attached hydrogen (secondary N) is 1. The number of rotatable bonds is 7. The lowest BCUT2D eigenvalue weighted by molar-refractivity contribution is -0.139. The monoisotopic (exact) mass is 568 g/mol. The van der Waals surface area contributed by atoms with E-state index in [0.29, 0.717) is 11.4 Å². The van der Waals surface area contributed by atoms with Gasteiger partial charge in [0.05, 0.1) is 23.7 Å². The fraction of sp³-hybridized carbons (Fsp3) is 0.440. The van der Waals surface area contributed by atoms with E-state index in [1.807, 2.05) is 0 Å². The molecule has 2 aromatic rings. The van der Waals surface area contributed by atoms with Crippen LogP contribution in [0.25, 0.3) is 0 Å². The molecule has 38 heavy (non-hydrogen) atoms. The molecule has 8 nitrogen and oxygen atoms in total. The Morgan fingerprint density at radius 1 is 1.34 bits per heavy atom. The van der Waals surface area contributed by atoms with E-state index in [1.54, 1.807) is 22.5 Å². The summed E-state index contributed by atoms with van der Waals surface area (Å²) in [6.45, 7) is -0.0804. The van der Waals surface area contributed by atoms with Gasteiger partial charge in [0.2, 0.25) is 0 Å². The molecule has 4 atom stereocenters. The second-order valence-corrected chi connectivity index (χ2v) is 10.9. The van der Waals surface area contributed by atoms with E-state index in [9.17, 15) is 19.1 Å². The number of esters is 1. The van der Waals surface area contributed by atoms with E-state index in [1.165, 1.54) is 30.6 Å². The van der Waals surface area contributed by atoms with Crippen molar-refractivity contribution in [3.05, 3.63) is 62.5 Å². The lowest BCUT2D eigenvalue weighted by atomic mass is 9.87. The summed E-state index contributed by atoms with van der Waals surface area (Å²) in [5, 5.41) is 14.3. The van der Waals surface area contributed by atoms with Gasteiger partial charge in [0.15, 0.2) is 10.8 Å². The molecule has 5 rings (SSSR count). The first-order valence-electron chi connectivity index (χ1n) is 11.9. The average molecular weight is 569 g/mol. The normalized spacial score (nSPS) is 26.6. The molecule has 1 aromatic heterocycles. The molecule has 0 unspecified atom stereocenters. The van der Waals surface area contributed by atoms with Crippen molar-refractivity contribution in [2.75, 3.05) is 13.7 Å². The highest BCUT2D eigenvalue weighted by Crippen LogP contribution is 2.49. The van der Waals surface area contributed by atoms with E-state index in [4.69, 9.17) is 16.3 Å². The molecule has 202 valence electrons. The Kier molecular flexibility index (Phi) is 7.23. The van der Waals surface area contributed by atoms with Crippen LogP contribution in [0, 0.1) is 11.7 Å². The van der Waals surface area contributed by atoms with E-state index in [0.717, 1.165) is 0 Å². The molecular formula is C25H24ClF3N4O4S. The van der Waals surface area contributed by atoms with Crippen molar-refractivity contribution in [3.63, 3.8) is 0 Å². The number of carboxylic acids is 1. The Hall–Kier alpha value is -2.96. The van der Waals surface area contributed by atoms with Gasteiger partial charge in [-0.2, -0.15) is 0 Å². The predicted molar refractivity (Wildman–Crippen MR) is 134 cm³/mol. The number of piperidine rings is 1. The van der Waals surface area contributed by atoms with Crippen molar-refractivity contribution in [1.29, 1.82) is 0 Å². The molecular weight excluding hydrogens is 545 g/mol. The topological polar surface area (TPSA) is 104 Å². The van der Waals surface area contributed by atoms with Crippen LogP contribution in [0.2, 0.25) is 5.02 Å². The summed E-state index contributed by atoms with van der Waals surface area (Å²) in [6, 6.07) is 1.31. The minimum Gasteiger partial charge on any atom is -0.481 e.